The maximum Gasteiger partial charge on any atom is 0.316 e. The van der Waals surface area contributed by atoms with Crippen LogP contribution in [0.2, 0.25) is 0 Å². The van der Waals surface area contributed by atoms with Gasteiger partial charge in [-0.3, -0.25) is 4.79 Å². The number of halogens is 1. The van der Waals surface area contributed by atoms with E-state index in [1.165, 1.54) is 0 Å². The first-order valence-electron chi connectivity index (χ1n) is 3.02. The molecule has 0 N–H and O–H groups in total. The van der Waals surface area contributed by atoms with Gasteiger partial charge in [0.25, 0.3) is 0 Å². The first-order chi connectivity index (χ1) is 4.31. The third kappa shape index (κ3) is 11.5. The van der Waals surface area contributed by atoms with E-state index in [2.05, 4.69) is 20.7 Å². The fraction of sp³-hybridized carbons (Fsp3) is 0.833. The Morgan fingerprint density at radius 2 is 2.00 bits per heavy atom. The summed E-state index contributed by atoms with van der Waals surface area (Å²) in [6.07, 6.45) is 0. The molecule has 0 atom stereocenters. The highest BCUT2D eigenvalue weighted by Crippen LogP contribution is 1.82. The molecular formula is C6H13BrO2. The number of carbonyl (C=O) groups excluding carboxylic acids is 1. The lowest BCUT2D eigenvalue weighted by Gasteiger charge is -1.92. The lowest BCUT2D eigenvalue weighted by molar-refractivity contribution is -0.139. The minimum Gasteiger partial charge on any atom is -0.465 e. The number of hydrogen-bond donors (Lipinski definition) is 0. The highest BCUT2D eigenvalue weighted by molar-refractivity contribution is 9.09. The molecule has 0 rings (SSSR count). The molecule has 0 radical (unpaired) electrons. The summed E-state index contributed by atoms with van der Waals surface area (Å²) in [5.74, 6) is -0.206. The van der Waals surface area contributed by atoms with Gasteiger partial charge in [0.05, 0.1) is 6.61 Å². The van der Waals surface area contributed by atoms with Gasteiger partial charge in [0.1, 0.15) is 5.33 Å². The Hall–Kier alpha value is -0.0500. The van der Waals surface area contributed by atoms with Crippen LogP contribution in [0.3, 0.4) is 0 Å². The summed E-state index contributed by atoms with van der Waals surface area (Å²) in [5, 5.41) is 0.292. The van der Waals surface area contributed by atoms with E-state index < -0.39 is 0 Å². The predicted octanol–water partition coefficient (Wildman–Crippen LogP) is 1.97. The van der Waals surface area contributed by atoms with E-state index in [0.29, 0.717) is 11.9 Å². The molecule has 0 saturated heterocycles. The van der Waals surface area contributed by atoms with Gasteiger partial charge in [-0.25, -0.2) is 0 Å². The summed E-state index contributed by atoms with van der Waals surface area (Å²) < 4.78 is 4.51. The van der Waals surface area contributed by atoms with Gasteiger partial charge in [-0.1, -0.05) is 29.8 Å². The van der Waals surface area contributed by atoms with Crippen molar-refractivity contribution in [2.75, 3.05) is 11.9 Å². The Morgan fingerprint density at radius 1 is 1.56 bits per heavy atom. The molecule has 0 aromatic rings. The van der Waals surface area contributed by atoms with E-state index in [0.717, 1.165) is 0 Å². The molecule has 0 spiro atoms. The van der Waals surface area contributed by atoms with Gasteiger partial charge in [-0.15, -0.1) is 0 Å². The number of esters is 1. The van der Waals surface area contributed by atoms with Crippen molar-refractivity contribution in [3.63, 3.8) is 0 Å². The molecule has 56 valence electrons. The minimum absolute atomic E-state index is 0.206. The van der Waals surface area contributed by atoms with Crippen LogP contribution in [0.25, 0.3) is 0 Å². The summed E-state index contributed by atoms with van der Waals surface area (Å²) >= 11 is 2.94. The van der Waals surface area contributed by atoms with Gasteiger partial charge in [-0.05, 0) is 6.92 Å². The molecule has 0 aliphatic heterocycles. The second-order valence-electron chi connectivity index (χ2n) is 0.939. The highest BCUT2D eigenvalue weighted by Gasteiger charge is 1.92. The molecule has 2 nitrogen and oxygen atoms in total. The molecule has 3 heteroatoms. The molecule has 0 fully saturated rings. The zero-order valence-electron chi connectivity index (χ0n) is 6.11. The standard InChI is InChI=1S/C4H7BrO2.C2H6/c1-2-7-4(6)3-5;1-2/h2-3H2,1H3;1-2H3. The molecule has 0 aliphatic rings. The van der Waals surface area contributed by atoms with Crippen molar-refractivity contribution in [2.45, 2.75) is 20.8 Å². The summed E-state index contributed by atoms with van der Waals surface area (Å²) in [7, 11) is 0. The van der Waals surface area contributed by atoms with Gasteiger partial charge >= 0.3 is 5.97 Å². The van der Waals surface area contributed by atoms with Crippen LogP contribution in [0.15, 0.2) is 0 Å². The highest BCUT2D eigenvalue weighted by atomic mass is 79.9. The number of rotatable bonds is 2. The molecule has 0 aliphatic carbocycles. The van der Waals surface area contributed by atoms with E-state index >= 15 is 0 Å². The largest absolute Gasteiger partial charge is 0.465 e. The third-order valence-corrected chi connectivity index (χ3v) is 0.872. The normalized spacial score (nSPS) is 7.11. The summed E-state index contributed by atoms with van der Waals surface area (Å²) in [6.45, 7) is 6.24. The first kappa shape index (κ1) is 11.7. The fourth-order valence-electron chi connectivity index (χ4n) is 0.200. The average Bonchev–Trinajstić information content (AvgIpc) is 1.93. The van der Waals surface area contributed by atoms with Gasteiger partial charge in [0.2, 0.25) is 0 Å². The summed E-state index contributed by atoms with van der Waals surface area (Å²) in [6, 6.07) is 0. The van der Waals surface area contributed by atoms with Crippen molar-refractivity contribution >= 4 is 21.9 Å². The monoisotopic (exact) mass is 196 g/mol. The van der Waals surface area contributed by atoms with Crippen molar-refractivity contribution in [1.82, 2.24) is 0 Å². The van der Waals surface area contributed by atoms with E-state index in [-0.39, 0.29) is 5.97 Å². The molecule has 0 aromatic carbocycles. The van der Waals surface area contributed by atoms with Gasteiger partial charge < -0.3 is 4.74 Å². The second kappa shape index (κ2) is 10.8. The van der Waals surface area contributed by atoms with Crippen LogP contribution in [0, 0.1) is 0 Å². The Kier molecular flexibility index (Phi) is 14.1. The quantitative estimate of drug-likeness (QED) is 0.499. The second-order valence-corrected chi connectivity index (χ2v) is 1.50. The van der Waals surface area contributed by atoms with E-state index in [4.69, 9.17) is 0 Å². The first-order valence-corrected chi connectivity index (χ1v) is 4.15. The number of ether oxygens (including phenoxy) is 1. The molecule has 0 amide bonds. The average molecular weight is 197 g/mol. The van der Waals surface area contributed by atoms with Crippen LogP contribution in [0.1, 0.15) is 20.8 Å². The predicted molar refractivity (Wildman–Crippen MR) is 41.8 cm³/mol. The van der Waals surface area contributed by atoms with Crippen LogP contribution in [0.4, 0.5) is 0 Å². The number of alkyl halides is 1. The van der Waals surface area contributed by atoms with E-state index in [1.807, 2.05) is 13.8 Å². The topological polar surface area (TPSA) is 26.3 Å². The van der Waals surface area contributed by atoms with Crippen molar-refractivity contribution in [1.29, 1.82) is 0 Å². The Labute approximate surface area is 64.7 Å². The Bertz CT molecular complexity index is 64.1. The summed E-state index contributed by atoms with van der Waals surface area (Å²) in [5.41, 5.74) is 0. The zero-order valence-corrected chi connectivity index (χ0v) is 7.69. The van der Waals surface area contributed by atoms with Crippen molar-refractivity contribution in [2.24, 2.45) is 0 Å². The minimum atomic E-state index is -0.206. The molecule has 0 aromatic heterocycles. The molecule has 0 unspecified atom stereocenters. The van der Waals surface area contributed by atoms with Crippen LogP contribution < -0.4 is 0 Å². The van der Waals surface area contributed by atoms with Crippen LogP contribution >= 0.6 is 15.9 Å². The lowest BCUT2D eigenvalue weighted by atomic mass is 10.8. The van der Waals surface area contributed by atoms with Gasteiger partial charge in [-0.2, -0.15) is 0 Å². The maximum atomic E-state index is 10.1. The van der Waals surface area contributed by atoms with Crippen molar-refractivity contribution in [3.8, 4) is 0 Å². The SMILES string of the molecule is CC.CCOC(=O)CBr. The molecule has 0 saturated carbocycles. The summed E-state index contributed by atoms with van der Waals surface area (Å²) in [4.78, 5) is 10.1. The number of hydrogen-bond acceptors (Lipinski definition) is 2. The van der Waals surface area contributed by atoms with Crippen LogP contribution in [0.5, 0.6) is 0 Å². The molecular weight excluding hydrogens is 184 g/mol. The Morgan fingerprint density at radius 3 is 2.11 bits per heavy atom. The zero-order chi connectivity index (χ0) is 7.70. The van der Waals surface area contributed by atoms with Crippen molar-refractivity contribution in [3.05, 3.63) is 0 Å². The van der Waals surface area contributed by atoms with Crippen LogP contribution in [-0.2, 0) is 9.53 Å². The molecule has 9 heavy (non-hydrogen) atoms. The fourth-order valence-corrected chi connectivity index (χ4v) is 0.361. The van der Waals surface area contributed by atoms with E-state index in [1.54, 1.807) is 6.92 Å². The van der Waals surface area contributed by atoms with Crippen LogP contribution in [-0.4, -0.2) is 17.9 Å². The van der Waals surface area contributed by atoms with E-state index in [9.17, 15) is 4.79 Å². The lowest BCUT2D eigenvalue weighted by Crippen LogP contribution is -2.03. The molecule has 0 heterocycles. The Balaban J connectivity index is 0. The van der Waals surface area contributed by atoms with Gasteiger partial charge in [0.15, 0.2) is 0 Å². The smallest absolute Gasteiger partial charge is 0.316 e. The maximum absolute atomic E-state index is 10.1. The van der Waals surface area contributed by atoms with Gasteiger partial charge in [0, 0.05) is 0 Å². The van der Waals surface area contributed by atoms with Crippen molar-refractivity contribution < 1.29 is 9.53 Å². The molecule has 0 bridgehead atoms. The third-order valence-electron chi connectivity index (χ3n) is 0.414. The number of carbonyl (C=O) groups is 1.